The zero-order valence-corrected chi connectivity index (χ0v) is 22.8. The number of non-ortho nitro benzene ring substituents is 1. The summed E-state index contributed by atoms with van der Waals surface area (Å²) in [5, 5.41) is 16.9. The van der Waals surface area contributed by atoms with Crippen LogP contribution in [0, 0.1) is 13.7 Å². The van der Waals surface area contributed by atoms with Gasteiger partial charge in [-0.05, 0) is 87.8 Å². The van der Waals surface area contributed by atoms with Gasteiger partial charge in [-0.1, -0.05) is 24.3 Å². The van der Waals surface area contributed by atoms with E-state index in [-0.39, 0.29) is 12.3 Å². The van der Waals surface area contributed by atoms with Gasteiger partial charge in [0.25, 0.3) is 11.6 Å². The number of ether oxygens (including phenoxy) is 3. The number of amides is 1. The monoisotopic (exact) mass is 625 g/mol. The number of nitro benzene ring substituents is 1. The van der Waals surface area contributed by atoms with Gasteiger partial charge in [-0.25, -0.2) is 5.43 Å². The quantitative estimate of drug-likeness (QED) is 0.0987. The lowest BCUT2D eigenvalue weighted by atomic mass is 10.1. The summed E-state index contributed by atoms with van der Waals surface area (Å²) in [6, 6.07) is 21.1. The topological polar surface area (TPSA) is 112 Å². The van der Waals surface area contributed by atoms with E-state index >= 15 is 0 Å². The van der Waals surface area contributed by atoms with Crippen LogP contribution in [0.15, 0.2) is 77.9 Å². The zero-order chi connectivity index (χ0) is 27.1. The molecule has 0 saturated heterocycles. The number of halogens is 1. The van der Waals surface area contributed by atoms with E-state index in [9.17, 15) is 14.9 Å². The van der Waals surface area contributed by atoms with E-state index in [2.05, 4.69) is 33.1 Å². The fourth-order valence-corrected chi connectivity index (χ4v) is 4.51. The first-order valence-electron chi connectivity index (χ1n) is 11.6. The van der Waals surface area contributed by atoms with Gasteiger partial charge < -0.3 is 14.2 Å². The Kier molecular flexibility index (Phi) is 8.74. The van der Waals surface area contributed by atoms with E-state index in [1.54, 1.807) is 24.3 Å². The van der Waals surface area contributed by atoms with E-state index in [0.717, 1.165) is 19.9 Å². The van der Waals surface area contributed by atoms with Crippen molar-refractivity contribution in [1.29, 1.82) is 0 Å². The van der Waals surface area contributed by atoms with Gasteiger partial charge in [0.2, 0.25) is 0 Å². The maximum Gasteiger partial charge on any atom is 0.275 e. The van der Waals surface area contributed by atoms with Crippen LogP contribution in [0.25, 0.3) is 10.8 Å². The second-order valence-corrected chi connectivity index (χ2v) is 9.24. The van der Waals surface area contributed by atoms with Gasteiger partial charge >= 0.3 is 0 Å². The van der Waals surface area contributed by atoms with Gasteiger partial charge in [-0.2, -0.15) is 5.10 Å². The van der Waals surface area contributed by atoms with Gasteiger partial charge in [-0.3, -0.25) is 14.9 Å². The van der Waals surface area contributed by atoms with Crippen molar-refractivity contribution in [3.05, 3.63) is 103 Å². The smallest absolute Gasteiger partial charge is 0.275 e. The number of carbonyl (C=O) groups excluding carboxylic acids is 1. The molecule has 0 aromatic heterocycles. The minimum Gasteiger partial charge on any atom is -0.496 e. The van der Waals surface area contributed by atoms with Crippen molar-refractivity contribution in [3.8, 4) is 17.2 Å². The Morgan fingerprint density at radius 1 is 1.03 bits per heavy atom. The first-order chi connectivity index (χ1) is 18.4. The van der Waals surface area contributed by atoms with E-state index in [4.69, 9.17) is 14.2 Å². The van der Waals surface area contributed by atoms with E-state index in [0.29, 0.717) is 35.0 Å². The molecule has 0 aliphatic heterocycles. The van der Waals surface area contributed by atoms with Crippen LogP contribution in [0.1, 0.15) is 28.4 Å². The summed E-state index contributed by atoms with van der Waals surface area (Å²) in [6.07, 6.45) is 1.52. The summed E-state index contributed by atoms with van der Waals surface area (Å²) >= 11 is 2.14. The Bertz CT molecular complexity index is 1500. The van der Waals surface area contributed by atoms with Crippen molar-refractivity contribution in [2.45, 2.75) is 13.5 Å². The number of nitro groups is 1. The third-order valence-corrected chi connectivity index (χ3v) is 6.36. The van der Waals surface area contributed by atoms with Crippen molar-refractivity contribution < 1.29 is 23.9 Å². The zero-order valence-electron chi connectivity index (χ0n) is 20.6. The van der Waals surface area contributed by atoms with Crippen LogP contribution in [-0.2, 0) is 6.61 Å². The summed E-state index contributed by atoms with van der Waals surface area (Å²) in [7, 11) is 1.52. The molecular weight excluding hydrogens is 601 g/mol. The van der Waals surface area contributed by atoms with E-state index < -0.39 is 10.8 Å². The van der Waals surface area contributed by atoms with E-state index in [1.807, 2.05) is 43.3 Å². The summed E-state index contributed by atoms with van der Waals surface area (Å²) < 4.78 is 18.0. The van der Waals surface area contributed by atoms with Crippen molar-refractivity contribution in [2.24, 2.45) is 5.10 Å². The Morgan fingerprint density at radius 2 is 1.74 bits per heavy atom. The molecule has 1 N–H and O–H groups in total. The van der Waals surface area contributed by atoms with Gasteiger partial charge in [0.15, 0.2) is 11.5 Å². The molecule has 0 atom stereocenters. The fourth-order valence-electron chi connectivity index (χ4n) is 3.73. The van der Waals surface area contributed by atoms with Crippen molar-refractivity contribution >= 4 is 51.2 Å². The molecule has 0 heterocycles. The molecule has 4 aromatic rings. The molecule has 0 unspecified atom stereocenters. The molecule has 0 fully saturated rings. The molecule has 0 spiro atoms. The molecule has 9 nitrogen and oxygen atoms in total. The normalized spacial score (nSPS) is 10.9. The second-order valence-electron chi connectivity index (χ2n) is 8.07. The highest BCUT2D eigenvalue weighted by Gasteiger charge is 2.15. The molecule has 0 bridgehead atoms. The number of benzene rings is 4. The molecule has 4 rings (SSSR count). The molecule has 0 saturated carbocycles. The SMILES string of the molecule is CCOc1cc(/C=N\NC(=O)c2cc3ccccc3cc2OC)cc(I)c1OCc1ccc([N+](=O)[O-])cc1. The Balaban J connectivity index is 1.48. The number of nitrogens with one attached hydrogen (secondary N) is 1. The highest BCUT2D eigenvalue weighted by Crippen LogP contribution is 2.34. The molecule has 10 heteroatoms. The first-order valence-corrected chi connectivity index (χ1v) is 12.7. The standard InChI is InChI=1S/C28H24IN3O6/c1-3-37-26-13-19(12-24(29)27(26)38-17-18-8-10-22(11-9-18)32(34)35)16-30-31-28(33)23-14-20-6-4-5-7-21(20)15-25(23)36-2/h4-16H,3,17H2,1-2H3,(H,31,33)/b30-16-. The first kappa shape index (κ1) is 26.9. The van der Waals surface area contributed by atoms with Crippen LogP contribution < -0.4 is 19.6 Å². The summed E-state index contributed by atoms with van der Waals surface area (Å²) in [5.41, 5.74) is 4.44. The molecule has 0 aliphatic rings. The van der Waals surface area contributed by atoms with Crippen molar-refractivity contribution in [2.75, 3.05) is 13.7 Å². The maximum atomic E-state index is 12.8. The van der Waals surface area contributed by atoms with Crippen LogP contribution in [0.4, 0.5) is 5.69 Å². The van der Waals surface area contributed by atoms with Crippen LogP contribution in [0.2, 0.25) is 0 Å². The predicted molar refractivity (Wildman–Crippen MR) is 153 cm³/mol. The molecule has 38 heavy (non-hydrogen) atoms. The lowest BCUT2D eigenvalue weighted by molar-refractivity contribution is -0.384. The average molecular weight is 625 g/mol. The fraction of sp³-hybridized carbons (Fsp3) is 0.143. The van der Waals surface area contributed by atoms with Gasteiger partial charge in [0.05, 0.1) is 34.0 Å². The number of hydrogen-bond donors (Lipinski definition) is 1. The maximum absolute atomic E-state index is 12.8. The van der Waals surface area contributed by atoms with E-state index in [1.165, 1.54) is 25.5 Å². The van der Waals surface area contributed by atoms with Gasteiger partial charge in [0.1, 0.15) is 12.4 Å². The van der Waals surface area contributed by atoms with Crippen LogP contribution in [-0.4, -0.2) is 30.8 Å². The van der Waals surface area contributed by atoms with Gasteiger partial charge in [-0.15, -0.1) is 0 Å². The van der Waals surface area contributed by atoms with Crippen molar-refractivity contribution in [3.63, 3.8) is 0 Å². The summed E-state index contributed by atoms with van der Waals surface area (Å²) in [4.78, 5) is 23.3. The second kappa shape index (κ2) is 12.4. The van der Waals surface area contributed by atoms with Crippen LogP contribution in [0.3, 0.4) is 0 Å². The molecular formula is C28H24IN3O6. The molecule has 4 aromatic carbocycles. The summed E-state index contributed by atoms with van der Waals surface area (Å²) in [6.45, 7) is 2.50. The predicted octanol–water partition coefficient (Wildman–Crippen LogP) is 6.10. The number of rotatable bonds is 10. The highest BCUT2D eigenvalue weighted by molar-refractivity contribution is 14.1. The van der Waals surface area contributed by atoms with Gasteiger partial charge in [0, 0.05) is 12.1 Å². The number of carbonyl (C=O) groups is 1. The number of fused-ring (bicyclic) bond motifs is 1. The Morgan fingerprint density at radius 3 is 2.39 bits per heavy atom. The number of hydrazone groups is 1. The summed E-state index contributed by atoms with van der Waals surface area (Å²) in [5.74, 6) is 1.13. The lowest BCUT2D eigenvalue weighted by Crippen LogP contribution is -2.18. The van der Waals surface area contributed by atoms with Crippen LogP contribution >= 0.6 is 22.6 Å². The minimum absolute atomic E-state index is 0.0214. The van der Waals surface area contributed by atoms with Crippen LogP contribution in [0.5, 0.6) is 17.2 Å². The lowest BCUT2D eigenvalue weighted by Gasteiger charge is -2.15. The highest BCUT2D eigenvalue weighted by atomic mass is 127. The number of hydrogen-bond acceptors (Lipinski definition) is 7. The van der Waals surface area contributed by atoms with Crippen molar-refractivity contribution in [1.82, 2.24) is 5.43 Å². The number of methoxy groups -OCH3 is 1. The number of nitrogens with zero attached hydrogens (tertiary/aromatic N) is 2. The molecule has 0 aliphatic carbocycles. The largest absolute Gasteiger partial charge is 0.496 e. The molecule has 194 valence electrons. The minimum atomic E-state index is -0.443. The Hall–Kier alpha value is -4.19. The molecule has 1 amide bonds. The average Bonchev–Trinajstić information content (AvgIpc) is 2.92. The third kappa shape index (κ3) is 6.38. The molecule has 0 radical (unpaired) electrons. The third-order valence-electron chi connectivity index (χ3n) is 5.55. The Labute approximate surface area is 232 Å².